The van der Waals surface area contributed by atoms with Gasteiger partial charge in [-0.3, -0.25) is 5.10 Å². The standard InChI is InChI=1S/C12H22N4O/c1-8-10(9(2)16-15-8)6-7-13-11(17)14-12(3,4)5/h6-7H2,1-5H3,(H,15,16)(H2,13,14,17). The number of H-pyrrole nitrogens is 1. The van der Waals surface area contributed by atoms with Gasteiger partial charge in [0.15, 0.2) is 0 Å². The Hall–Kier alpha value is -1.52. The van der Waals surface area contributed by atoms with Gasteiger partial charge in [-0.15, -0.1) is 0 Å². The fourth-order valence-electron chi connectivity index (χ4n) is 1.63. The summed E-state index contributed by atoms with van der Waals surface area (Å²) in [5.41, 5.74) is 3.05. The monoisotopic (exact) mass is 238 g/mol. The van der Waals surface area contributed by atoms with E-state index in [0.29, 0.717) is 6.54 Å². The summed E-state index contributed by atoms with van der Waals surface area (Å²) in [6.45, 7) is 10.4. The van der Waals surface area contributed by atoms with Crippen molar-refractivity contribution in [3.8, 4) is 0 Å². The number of amides is 2. The molecule has 1 heterocycles. The van der Waals surface area contributed by atoms with Crippen molar-refractivity contribution in [2.75, 3.05) is 6.54 Å². The van der Waals surface area contributed by atoms with Gasteiger partial charge >= 0.3 is 6.03 Å². The molecular formula is C12H22N4O. The molecule has 1 rings (SSSR count). The second-order valence-corrected chi connectivity index (χ2v) is 5.29. The molecule has 0 atom stereocenters. The van der Waals surface area contributed by atoms with E-state index in [1.165, 1.54) is 5.56 Å². The molecule has 96 valence electrons. The second kappa shape index (κ2) is 5.21. The second-order valence-electron chi connectivity index (χ2n) is 5.29. The first-order valence-corrected chi connectivity index (χ1v) is 5.86. The third-order valence-corrected chi connectivity index (χ3v) is 2.43. The maximum absolute atomic E-state index is 11.5. The first-order valence-electron chi connectivity index (χ1n) is 5.86. The van der Waals surface area contributed by atoms with E-state index in [9.17, 15) is 4.79 Å². The van der Waals surface area contributed by atoms with Gasteiger partial charge < -0.3 is 10.6 Å². The van der Waals surface area contributed by atoms with Gasteiger partial charge in [-0.05, 0) is 46.6 Å². The molecule has 1 aromatic heterocycles. The largest absolute Gasteiger partial charge is 0.338 e. The summed E-state index contributed by atoms with van der Waals surface area (Å²) in [6.07, 6.45) is 0.797. The summed E-state index contributed by atoms with van der Waals surface area (Å²) in [5.74, 6) is 0. The number of aromatic nitrogens is 2. The van der Waals surface area contributed by atoms with Gasteiger partial charge in [-0.1, -0.05) is 0 Å². The highest BCUT2D eigenvalue weighted by Crippen LogP contribution is 2.09. The van der Waals surface area contributed by atoms with Crippen molar-refractivity contribution in [1.82, 2.24) is 20.8 Å². The molecule has 0 radical (unpaired) electrons. The maximum Gasteiger partial charge on any atom is 0.315 e. The Morgan fingerprint density at radius 1 is 1.35 bits per heavy atom. The van der Waals surface area contributed by atoms with Gasteiger partial charge in [0.2, 0.25) is 0 Å². The van der Waals surface area contributed by atoms with Crippen molar-refractivity contribution >= 4 is 6.03 Å². The third kappa shape index (κ3) is 4.46. The number of hydrogen-bond donors (Lipinski definition) is 3. The van der Waals surface area contributed by atoms with E-state index < -0.39 is 0 Å². The minimum absolute atomic E-state index is 0.128. The lowest BCUT2D eigenvalue weighted by Crippen LogP contribution is -2.46. The number of aryl methyl sites for hydroxylation is 2. The molecule has 0 fully saturated rings. The van der Waals surface area contributed by atoms with E-state index >= 15 is 0 Å². The molecule has 2 amide bonds. The van der Waals surface area contributed by atoms with Crippen LogP contribution < -0.4 is 10.6 Å². The van der Waals surface area contributed by atoms with E-state index in [1.54, 1.807) is 0 Å². The fourth-order valence-corrected chi connectivity index (χ4v) is 1.63. The van der Waals surface area contributed by atoms with E-state index in [0.717, 1.165) is 17.8 Å². The van der Waals surface area contributed by atoms with Crippen LogP contribution in [0.25, 0.3) is 0 Å². The number of rotatable bonds is 3. The zero-order valence-electron chi connectivity index (χ0n) is 11.3. The summed E-state index contributed by atoms with van der Waals surface area (Å²) in [6, 6.07) is -0.128. The summed E-state index contributed by atoms with van der Waals surface area (Å²) in [5, 5.41) is 12.8. The molecule has 0 saturated heterocycles. The molecule has 0 aromatic carbocycles. The van der Waals surface area contributed by atoms with Crippen LogP contribution in [0.2, 0.25) is 0 Å². The number of hydrogen-bond acceptors (Lipinski definition) is 2. The Kier molecular flexibility index (Phi) is 4.15. The minimum Gasteiger partial charge on any atom is -0.338 e. The number of nitrogens with zero attached hydrogens (tertiary/aromatic N) is 1. The highest BCUT2D eigenvalue weighted by Gasteiger charge is 2.13. The smallest absolute Gasteiger partial charge is 0.315 e. The normalized spacial score (nSPS) is 11.4. The number of carbonyl (C=O) groups is 1. The summed E-state index contributed by atoms with van der Waals surface area (Å²) >= 11 is 0. The van der Waals surface area contributed by atoms with E-state index in [1.807, 2.05) is 34.6 Å². The molecule has 0 saturated carbocycles. The molecule has 0 aliphatic carbocycles. The molecule has 5 heteroatoms. The van der Waals surface area contributed by atoms with E-state index in [2.05, 4.69) is 20.8 Å². The Balaban J connectivity index is 2.36. The number of urea groups is 1. The quantitative estimate of drug-likeness (QED) is 0.749. The van der Waals surface area contributed by atoms with E-state index in [-0.39, 0.29) is 11.6 Å². The van der Waals surface area contributed by atoms with Crippen LogP contribution >= 0.6 is 0 Å². The molecule has 0 aliphatic heterocycles. The molecular weight excluding hydrogens is 216 g/mol. The van der Waals surface area contributed by atoms with Crippen LogP contribution in [0.1, 0.15) is 37.7 Å². The summed E-state index contributed by atoms with van der Waals surface area (Å²) in [7, 11) is 0. The van der Waals surface area contributed by atoms with Crippen LogP contribution in [0.5, 0.6) is 0 Å². The number of carbonyl (C=O) groups excluding carboxylic acids is 1. The Labute approximate surface area is 102 Å². The van der Waals surface area contributed by atoms with Crippen molar-refractivity contribution in [1.29, 1.82) is 0 Å². The highest BCUT2D eigenvalue weighted by atomic mass is 16.2. The Morgan fingerprint density at radius 3 is 2.47 bits per heavy atom. The van der Waals surface area contributed by atoms with Gasteiger partial charge in [-0.25, -0.2) is 4.79 Å². The Morgan fingerprint density at radius 2 is 2.00 bits per heavy atom. The number of aromatic amines is 1. The lowest BCUT2D eigenvalue weighted by atomic mass is 10.1. The average Bonchev–Trinajstić information content (AvgIpc) is 2.46. The van der Waals surface area contributed by atoms with Crippen molar-refractivity contribution in [2.45, 2.75) is 46.6 Å². The van der Waals surface area contributed by atoms with Crippen molar-refractivity contribution in [3.63, 3.8) is 0 Å². The number of nitrogens with one attached hydrogen (secondary N) is 3. The van der Waals surface area contributed by atoms with E-state index in [4.69, 9.17) is 0 Å². The predicted octanol–water partition coefficient (Wildman–Crippen LogP) is 1.67. The van der Waals surface area contributed by atoms with Crippen LogP contribution in [0.4, 0.5) is 4.79 Å². The molecule has 17 heavy (non-hydrogen) atoms. The van der Waals surface area contributed by atoms with Crippen molar-refractivity contribution < 1.29 is 4.79 Å². The van der Waals surface area contributed by atoms with Crippen LogP contribution in [0, 0.1) is 13.8 Å². The molecule has 5 nitrogen and oxygen atoms in total. The third-order valence-electron chi connectivity index (χ3n) is 2.43. The Bertz CT molecular complexity index is 370. The topological polar surface area (TPSA) is 69.8 Å². The molecule has 1 aromatic rings. The SMILES string of the molecule is Cc1n[nH]c(C)c1CCNC(=O)NC(C)(C)C. The predicted molar refractivity (Wildman–Crippen MR) is 68.1 cm³/mol. The van der Waals surface area contributed by atoms with Crippen LogP contribution in [-0.4, -0.2) is 28.3 Å². The van der Waals surface area contributed by atoms with Crippen LogP contribution in [-0.2, 0) is 6.42 Å². The fraction of sp³-hybridized carbons (Fsp3) is 0.667. The lowest BCUT2D eigenvalue weighted by Gasteiger charge is -2.20. The minimum atomic E-state index is -0.203. The summed E-state index contributed by atoms with van der Waals surface area (Å²) < 4.78 is 0. The van der Waals surface area contributed by atoms with Crippen LogP contribution in [0.15, 0.2) is 0 Å². The summed E-state index contributed by atoms with van der Waals surface area (Å²) in [4.78, 5) is 11.5. The van der Waals surface area contributed by atoms with Crippen molar-refractivity contribution in [2.24, 2.45) is 0 Å². The van der Waals surface area contributed by atoms with Gasteiger partial charge in [0.25, 0.3) is 0 Å². The lowest BCUT2D eigenvalue weighted by molar-refractivity contribution is 0.232. The van der Waals surface area contributed by atoms with Crippen molar-refractivity contribution in [3.05, 3.63) is 17.0 Å². The van der Waals surface area contributed by atoms with Gasteiger partial charge in [0, 0.05) is 17.8 Å². The highest BCUT2D eigenvalue weighted by molar-refractivity contribution is 5.74. The maximum atomic E-state index is 11.5. The zero-order chi connectivity index (χ0) is 13.1. The molecule has 3 N–H and O–H groups in total. The van der Waals surface area contributed by atoms with Gasteiger partial charge in [0.1, 0.15) is 0 Å². The van der Waals surface area contributed by atoms with Gasteiger partial charge in [-0.2, -0.15) is 5.10 Å². The first kappa shape index (κ1) is 13.5. The molecule has 0 unspecified atom stereocenters. The average molecular weight is 238 g/mol. The zero-order valence-corrected chi connectivity index (χ0v) is 11.3. The molecule has 0 aliphatic rings. The first-order chi connectivity index (χ1) is 7.79. The molecule has 0 bridgehead atoms. The van der Waals surface area contributed by atoms with Gasteiger partial charge in [0.05, 0.1) is 5.69 Å². The van der Waals surface area contributed by atoms with Crippen LogP contribution in [0.3, 0.4) is 0 Å². The molecule has 0 spiro atoms.